The van der Waals surface area contributed by atoms with Crippen molar-refractivity contribution in [2.24, 2.45) is 5.92 Å². The fourth-order valence-corrected chi connectivity index (χ4v) is 4.51. The zero-order chi connectivity index (χ0) is 20.1. The summed E-state index contributed by atoms with van der Waals surface area (Å²) in [6, 6.07) is 0. The SMILES string of the molecule is CCOC(=O)c1c(NC(=O)CN(C)CC(=O)N(C)C)sc2c1CC[C@H](C)C2. The molecule has 7 nitrogen and oxygen atoms in total. The molecule has 0 aliphatic heterocycles. The molecule has 1 N–H and O–H groups in total. The molecule has 1 heterocycles. The zero-order valence-corrected chi connectivity index (χ0v) is 17.6. The molecule has 0 saturated carbocycles. The Morgan fingerprint density at radius 1 is 1.22 bits per heavy atom. The second-order valence-electron chi connectivity index (χ2n) is 7.28. The topological polar surface area (TPSA) is 79.0 Å². The van der Waals surface area contributed by atoms with Crippen LogP contribution in [0.5, 0.6) is 0 Å². The number of carbonyl (C=O) groups excluding carboxylic acids is 3. The first kappa shape index (κ1) is 21.4. The van der Waals surface area contributed by atoms with Crippen LogP contribution < -0.4 is 5.32 Å². The molecule has 0 bridgehead atoms. The number of amides is 2. The van der Waals surface area contributed by atoms with Gasteiger partial charge in [-0.2, -0.15) is 0 Å². The van der Waals surface area contributed by atoms with E-state index in [-0.39, 0.29) is 30.9 Å². The number of hydrogen-bond acceptors (Lipinski definition) is 6. The van der Waals surface area contributed by atoms with Crippen LogP contribution >= 0.6 is 11.3 Å². The van der Waals surface area contributed by atoms with Crippen LogP contribution in [0.4, 0.5) is 5.00 Å². The third kappa shape index (κ3) is 5.52. The maximum Gasteiger partial charge on any atom is 0.341 e. The van der Waals surface area contributed by atoms with Gasteiger partial charge in [-0.1, -0.05) is 6.92 Å². The highest BCUT2D eigenvalue weighted by molar-refractivity contribution is 7.17. The van der Waals surface area contributed by atoms with Crippen LogP contribution in [0, 0.1) is 5.92 Å². The Labute approximate surface area is 164 Å². The second kappa shape index (κ2) is 9.32. The number of esters is 1. The van der Waals surface area contributed by atoms with E-state index in [1.165, 1.54) is 16.2 Å². The highest BCUT2D eigenvalue weighted by Gasteiger charge is 2.29. The quantitative estimate of drug-likeness (QED) is 0.715. The Morgan fingerprint density at radius 3 is 2.56 bits per heavy atom. The minimum absolute atomic E-state index is 0.0703. The number of rotatable bonds is 7. The van der Waals surface area contributed by atoms with E-state index in [0.717, 1.165) is 29.7 Å². The number of nitrogens with one attached hydrogen (secondary N) is 1. The van der Waals surface area contributed by atoms with Crippen LogP contribution in [0.1, 0.15) is 41.1 Å². The Hall–Kier alpha value is -1.93. The van der Waals surface area contributed by atoms with Crippen LogP contribution in [0.15, 0.2) is 0 Å². The first-order valence-electron chi connectivity index (χ1n) is 9.23. The summed E-state index contributed by atoms with van der Waals surface area (Å²) in [4.78, 5) is 41.0. The van der Waals surface area contributed by atoms with Gasteiger partial charge in [0.1, 0.15) is 5.00 Å². The molecule has 1 aliphatic carbocycles. The van der Waals surface area contributed by atoms with Gasteiger partial charge in [0.2, 0.25) is 11.8 Å². The minimum atomic E-state index is -0.379. The maximum atomic E-state index is 12.5. The normalized spacial score (nSPS) is 16.0. The van der Waals surface area contributed by atoms with Crippen molar-refractivity contribution < 1.29 is 19.1 Å². The summed E-state index contributed by atoms with van der Waals surface area (Å²) in [5, 5.41) is 3.43. The minimum Gasteiger partial charge on any atom is -0.462 e. The lowest BCUT2D eigenvalue weighted by atomic mass is 9.88. The lowest BCUT2D eigenvalue weighted by Gasteiger charge is -2.19. The lowest BCUT2D eigenvalue weighted by molar-refractivity contribution is -0.130. The Balaban J connectivity index is 2.14. The van der Waals surface area contributed by atoms with Gasteiger partial charge < -0.3 is 15.0 Å². The van der Waals surface area contributed by atoms with E-state index in [2.05, 4.69) is 12.2 Å². The third-order valence-electron chi connectivity index (χ3n) is 4.56. The molecular formula is C19H29N3O4S. The molecule has 8 heteroatoms. The highest BCUT2D eigenvalue weighted by atomic mass is 32.1. The number of fused-ring (bicyclic) bond motifs is 1. The van der Waals surface area contributed by atoms with E-state index in [0.29, 0.717) is 23.1 Å². The van der Waals surface area contributed by atoms with Crippen molar-refractivity contribution in [3.8, 4) is 0 Å². The largest absolute Gasteiger partial charge is 0.462 e. The molecule has 150 valence electrons. The maximum absolute atomic E-state index is 12.5. The Morgan fingerprint density at radius 2 is 1.93 bits per heavy atom. The fourth-order valence-electron chi connectivity index (χ4n) is 3.10. The zero-order valence-electron chi connectivity index (χ0n) is 16.8. The smallest absolute Gasteiger partial charge is 0.341 e. The summed E-state index contributed by atoms with van der Waals surface area (Å²) in [5.41, 5.74) is 1.52. The number of nitrogens with zero attached hydrogens (tertiary/aromatic N) is 2. The van der Waals surface area contributed by atoms with Gasteiger partial charge >= 0.3 is 5.97 Å². The molecule has 1 aromatic rings. The molecule has 2 amide bonds. The first-order valence-corrected chi connectivity index (χ1v) is 10.0. The predicted octanol–water partition coefficient (Wildman–Crippen LogP) is 2.01. The lowest BCUT2D eigenvalue weighted by Crippen LogP contribution is -2.38. The third-order valence-corrected chi connectivity index (χ3v) is 5.73. The molecular weight excluding hydrogens is 366 g/mol. The number of anilines is 1. The number of thiophene rings is 1. The molecule has 0 spiro atoms. The van der Waals surface area contributed by atoms with Crippen LogP contribution in [-0.2, 0) is 27.2 Å². The van der Waals surface area contributed by atoms with Crippen molar-refractivity contribution >= 4 is 34.1 Å². The summed E-state index contributed by atoms with van der Waals surface area (Å²) in [7, 11) is 5.08. The molecule has 1 aromatic heterocycles. The van der Waals surface area contributed by atoms with Crippen molar-refractivity contribution in [3.63, 3.8) is 0 Å². The van der Waals surface area contributed by atoms with Crippen molar-refractivity contribution in [3.05, 3.63) is 16.0 Å². The van der Waals surface area contributed by atoms with Crippen LogP contribution in [-0.4, -0.2) is 68.4 Å². The van der Waals surface area contributed by atoms with Gasteiger partial charge in [0.05, 0.1) is 25.3 Å². The van der Waals surface area contributed by atoms with Gasteiger partial charge in [-0.3, -0.25) is 14.5 Å². The molecule has 2 rings (SSSR count). The molecule has 0 radical (unpaired) electrons. The van der Waals surface area contributed by atoms with Crippen molar-refractivity contribution in [2.45, 2.75) is 33.1 Å². The second-order valence-corrected chi connectivity index (χ2v) is 8.39. The number of likely N-dealkylation sites (N-methyl/N-ethyl adjacent to an activating group) is 2. The van der Waals surface area contributed by atoms with E-state index in [9.17, 15) is 14.4 Å². The molecule has 0 saturated heterocycles. The van der Waals surface area contributed by atoms with E-state index in [1.54, 1.807) is 33.0 Å². The summed E-state index contributed by atoms with van der Waals surface area (Å²) in [5.74, 6) is -0.131. The van der Waals surface area contributed by atoms with Crippen molar-refractivity contribution in [1.29, 1.82) is 0 Å². The van der Waals surface area contributed by atoms with Crippen LogP contribution in [0.2, 0.25) is 0 Å². The molecule has 0 aromatic carbocycles. The average molecular weight is 396 g/mol. The highest BCUT2D eigenvalue weighted by Crippen LogP contribution is 2.40. The summed E-state index contributed by atoms with van der Waals surface area (Å²) in [6.45, 7) is 4.49. The van der Waals surface area contributed by atoms with Gasteiger partial charge in [-0.05, 0) is 44.7 Å². The molecule has 0 fully saturated rings. The molecule has 1 atom stereocenters. The monoisotopic (exact) mass is 395 g/mol. The molecule has 0 unspecified atom stereocenters. The van der Waals surface area contributed by atoms with Crippen LogP contribution in [0.25, 0.3) is 0 Å². The number of ether oxygens (including phenoxy) is 1. The van der Waals surface area contributed by atoms with Crippen molar-refractivity contribution in [2.75, 3.05) is 46.2 Å². The Bertz CT molecular complexity index is 714. The van der Waals surface area contributed by atoms with Crippen molar-refractivity contribution in [1.82, 2.24) is 9.80 Å². The fraction of sp³-hybridized carbons (Fsp3) is 0.632. The van der Waals surface area contributed by atoms with E-state index >= 15 is 0 Å². The Kier molecular flexibility index (Phi) is 7.38. The standard InChI is InChI=1S/C19H29N3O4S/c1-6-26-19(25)17-13-8-7-12(2)9-14(13)27-18(17)20-15(23)10-22(5)11-16(24)21(3)4/h12H,6-11H2,1-5H3,(H,20,23)/t12-/m0/s1. The van der Waals surface area contributed by atoms with E-state index in [4.69, 9.17) is 4.74 Å². The van der Waals surface area contributed by atoms with Crippen LogP contribution in [0.3, 0.4) is 0 Å². The molecule has 27 heavy (non-hydrogen) atoms. The first-order chi connectivity index (χ1) is 12.7. The molecule has 1 aliphatic rings. The van der Waals surface area contributed by atoms with E-state index in [1.807, 2.05) is 0 Å². The predicted molar refractivity (Wildman–Crippen MR) is 106 cm³/mol. The van der Waals surface area contributed by atoms with Gasteiger partial charge in [0.25, 0.3) is 0 Å². The number of carbonyl (C=O) groups is 3. The van der Waals surface area contributed by atoms with Gasteiger partial charge in [-0.25, -0.2) is 4.79 Å². The van der Waals surface area contributed by atoms with Gasteiger partial charge in [-0.15, -0.1) is 11.3 Å². The summed E-state index contributed by atoms with van der Waals surface area (Å²) >= 11 is 1.47. The van der Waals surface area contributed by atoms with Gasteiger partial charge in [0.15, 0.2) is 0 Å². The van der Waals surface area contributed by atoms with E-state index < -0.39 is 0 Å². The summed E-state index contributed by atoms with van der Waals surface area (Å²) in [6.07, 6.45) is 2.77. The van der Waals surface area contributed by atoms with Gasteiger partial charge in [0, 0.05) is 19.0 Å². The number of hydrogen-bond donors (Lipinski definition) is 1. The summed E-state index contributed by atoms with van der Waals surface area (Å²) < 4.78 is 5.22. The average Bonchev–Trinajstić information content (AvgIpc) is 2.91.